The summed E-state index contributed by atoms with van der Waals surface area (Å²) in [5.74, 6) is 0.638. The second kappa shape index (κ2) is 8.14. The monoisotopic (exact) mass is 482 g/mol. The lowest BCUT2D eigenvalue weighted by Gasteiger charge is -2.28. The molecule has 0 fully saturated rings. The molecule has 0 aromatic heterocycles. The Bertz CT molecular complexity index is 1010. The highest BCUT2D eigenvalue weighted by atomic mass is 127. The van der Waals surface area contributed by atoms with Crippen molar-refractivity contribution in [3.05, 3.63) is 105 Å². The van der Waals surface area contributed by atoms with Gasteiger partial charge in [0.05, 0.1) is 13.2 Å². The number of carbonyl (C=O) groups is 1. The number of nitrogens with zero attached hydrogens (tertiary/aromatic N) is 2. The minimum Gasteiger partial charge on any atom is -0.452 e. The Kier molecular flexibility index (Phi) is 5.43. The van der Waals surface area contributed by atoms with Crippen molar-refractivity contribution in [2.24, 2.45) is 4.99 Å². The van der Waals surface area contributed by atoms with Gasteiger partial charge < -0.3 is 4.74 Å². The van der Waals surface area contributed by atoms with E-state index in [0.717, 1.165) is 20.3 Å². The Morgan fingerprint density at radius 1 is 0.893 bits per heavy atom. The third-order valence-electron chi connectivity index (χ3n) is 4.84. The number of aliphatic imine (C=N–C) groups is 1. The van der Waals surface area contributed by atoms with Crippen molar-refractivity contribution in [3.8, 4) is 0 Å². The Labute approximate surface area is 178 Å². The molecule has 0 aliphatic carbocycles. The second-order valence-corrected chi connectivity index (χ2v) is 7.65. The number of amides is 1. The number of carbonyl (C=O) groups excluding carboxylic acids is 1. The van der Waals surface area contributed by atoms with Crippen molar-refractivity contribution in [3.63, 3.8) is 0 Å². The van der Waals surface area contributed by atoms with Crippen LogP contribution in [0.5, 0.6) is 0 Å². The van der Waals surface area contributed by atoms with Crippen molar-refractivity contribution in [2.75, 3.05) is 7.11 Å². The molecule has 2 atom stereocenters. The van der Waals surface area contributed by atoms with Crippen molar-refractivity contribution < 1.29 is 9.53 Å². The van der Waals surface area contributed by atoms with Gasteiger partial charge in [0.25, 0.3) is 0 Å². The number of methoxy groups -OCH3 is 1. The molecule has 0 N–H and O–H groups in total. The van der Waals surface area contributed by atoms with E-state index in [9.17, 15) is 4.79 Å². The van der Waals surface area contributed by atoms with Crippen LogP contribution in [0.2, 0.25) is 0 Å². The molecule has 28 heavy (non-hydrogen) atoms. The van der Waals surface area contributed by atoms with Crippen molar-refractivity contribution in [1.82, 2.24) is 4.90 Å². The standard InChI is InChI=1S/C23H19IN2O2/c1-28-23(27)26-21(17-12-6-3-7-13-17)20(16-10-4-2-5-11-16)25-22(26)18-14-8-9-15-19(18)24/h2-15,20-21H,1H3/t20-,21-/m0/s1. The van der Waals surface area contributed by atoms with Gasteiger partial charge in [0.1, 0.15) is 11.9 Å². The quantitative estimate of drug-likeness (QED) is 0.456. The Morgan fingerprint density at radius 3 is 2.07 bits per heavy atom. The molecule has 3 aromatic carbocycles. The summed E-state index contributed by atoms with van der Waals surface area (Å²) in [5.41, 5.74) is 3.01. The van der Waals surface area contributed by atoms with Crippen LogP contribution < -0.4 is 0 Å². The highest BCUT2D eigenvalue weighted by Gasteiger charge is 2.43. The Balaban J connectivity index is 1.91. The van der Waals surface area contributed by atoms with E-state index in [0.29, 0.717) is 5.84 Å². The number of ether oxygens (including phenoxy) is 1. The van der Waals surface area contributed by atoms with E-state index in [4.69, 9.17) is 9.73 Å². The second-order valence-electron chi connectivity index (χ2n) is 6.48. The largest absolute Gasteiger partial charge is 0.452 e. The van der Waals surface area contributed by atoms with Gasteiger partial charge in [0.15, 0.2) is 0 Å². The van der Waals surface area contributed by atoms with E-state index in [1.165, 1.54) is 7.11 Å². The van der Waals surface area contributed by atoms with Crippen molar-refractivity contribution in [2.45, 2.75) is 12.1 Å². The number of benzene rings is 3. The maximum Gasteiger partial charge on any atom is 0.415 e. The van der Waals surface area contributed by atoms with Crippen LogP contribution >= 0.6 is 22.6 Å². The minimum absolute atomic E-state index is 0.214. The number of hydrogen-bond donors (Lipinski definition) is 0. The van der Waals surface area contributed by atoms with Crippen LogP contribution in [0.25, 0.3) is 0 Å². The lowest BCUT2D eigenvalue weighted by Crippen LogP contribution is -2.38. The molecule has 0 unspecified atom stereocenters. The van der Waals surface area contributed by atoms with Gasteiger partial charge in [-0.2, -0.15) is 0 Å². The summed E-state index contributed by atoms with van der Waals surface area (Å²) < 4.78 is 6.20. The molecule has 1 aliphatic heterocycles. The van der Waals surface area contributed by atoms with Crippen molar-refractivity contribution in [1.29, 1.82) is 0 Å². The summed E-state index contributed by atoms with van der Waals surface area (Å²) in [4.78, 5) is 19.6. The summed E-state index contributed by atoms with van der Waals surface area (Å²) >= 11 is 2.28. The van der Waals surface area contributed by atoms with Gasteiger partial charge in [0.2, 0.25) is 0 Å². The fourth-order valence-corrected chi connectivity index (χ4v) is 4.19. The number of amidine groups is 1. The van der Waals surface area contributed by atoms with Crippen LogP contribution in [-0.4, -0.2) is 23.9 Å². The molecular formula is C23H19IN2O2. The molecule has 0 bridgehead atoms. The van der Waals surface area contributed by atoms with E-state index >= 15 is 0 Å². The maximum atomic E-state index is 12.9. The molecule has 0 radical (unpaired) electrons. The number of rotatable bonds is 3. The first-order valence-corrected chi connectivity index (χ1v) is 10.1. The molecule has 0 saturated carbocycles. The fraction of sp³-hybridized carbons (Fsp3) is 0.130. The third-order valence-corrected chi connectivity index (χ3v) is 5.78. The lowest BCUT2D eigenvalue weighted by atomic mass is 9.94. The number of hydrogen-bond acceptors (Lipinski definition) is 3. The number of halogens is 1. The van der Waals surface area contributed by atoms with Gasteiger partial charge in [-0.3, -0.25) is 9.89 Å². The van der Waals surface area contributed by atoms with Gasteiger partial charge in [-0.1, -0.05) is 78.9 Å². The maximum absolute atomic E-state index is 12.9. The van der Waals surface area contributed by atoms with Crippen LogP contribution in [0, 0.1) is 3.57 Å². The van der Waals surface area contributed by atoms with E-state index in [-0.39, 0.29) is 12.1 Å². The van der Waals surface area contributed by atoms with E-state index < -0.39 is 6.09 Å². The Hall–Kier alpha value is -2.67. The highest BCUT2D eigenvalue weighted by molar-refractivity contribution is 14.1. The predicted octanol–water partition coefficient (Wildman–Crippen LogP) is 5.60. The molecule has 1 amide bonds. The molecule has 5 heteroatoms. The summed E-state index contributed by atoms with van der Waals surface area (Å²) in [5, 5.41) is 0. The molecule has 4 rings (SSSR count). The molecule has 140 valence electrons. The summed E-state index contributed by atoms with van der Waals surface area (Å²) in [6.07, 6.45) is -0.411. The lowest BCUT2D eigenvalue weighted by molar-refractivity contribution is 0.134. The van der Waals surface area contributed by atoms with Gasteiger partial charge in [-0.15, -0.1) is 0 Å². The zero-order valence-electron chi connectivity index (χ0n) is 15.3. The zero-order chi connectivity index (χ0) is 19.5. The van der Waals surface area contributed by atoms with Gasteiger partial charge in [0, 0.05) is 9.13 Å². The van der Waals surface area contributed by atoms with E-state index in [2.05, 4.69) is 34.7 Å². The smallest absolute Gasteiger partial charge is 0.415 e. The normalized spacial score (nSPS) is 18.6. The van der Waals surface area contributed by atoms with E-state index in [1.54, 1.807) is 4.90 Å². The molecule has 0 spiro atoms. The SMILES string of the molecule is COC(=O)N1C(c2ccccc2I)=N[C@@H](c2ccccc2)[C@@H]1c1ccccc1. The first kappa shape index (κ1) is 18.7. The first-order chi connectivity index (χ1) is 13.7. The van der Waals surface area contributed by atoms with Crippen LogP contribution in [0.3, 0.4) is 0 Å². The van der Waals surface area contributed by atoms with E-state index in [1.807, 2.05) is 72.8 Å². The predicted molar refractivity (Wildman–Crippen MR) is 118 cm³/mol. The summed E-state index contributed by atoms with van der Waals surface area (Å²) in [6.45, 7) is 0. The molecule has 1 aliphatic rings. The zero-order valence-corrected chi connectivity index (χ0v) is 17.5. The topological polar surface area (TPSA) is 41.9 Å². The molecule has 4 nitrogen and oxygen atoms in total. The third kappa shape index (κ3) is 3.42. The summed E-state index contributed by atoms with van der Waals surface area (Å²) in [6, 6.07) is 27.6. The molecular weight excluding hydrogens is 463 g/mol. The van der Waals surface area contributed by atoms with Gasteiger partial charge in [-0.25, -0.2) is 4.79 Å². The van der Waals surface area contributed by atoms with Crippen molar-refractivity contribution >= 4 is 34.5 Å². The van der Waals surface area contributed by atoms with Crippen LogP contribution in [0.15, 0.2) is 89.9 Å². The molecule has 3 aromatic rings. The highest BCUT2D eigenvalue weighted by Crippen LogP contribution is 2.44. The molecule has 1 heterocycles. The first-order valence-electron chi connectivity index (χ1n) is 9.00. The average Bonchev–Trinajstić information content (AvgIpc) is 3.15. The minimum atomic E-state index is -0.411. The van der Waals surface area contributed by atoms with Crippen LogP contribution in [-0.2, 0) is 4.74 Å². The van der Waals surface area contributed by atoms with Gasteiger partial charge in [-0.05, 0) is 39.8 Å². The molecule has 0 saturated heterocycles. The Morgan fingerprint density at radius 2 is 1.46 bits per heavy atom. The van der Waals surface area contributed by atoms with Crippen LogP contribution in [0.1, 0.15) is 28.8 Å². The fourth-order valence-electron chi connectivity index (χ4n) is 3.57. The summed E-state index contributed by atoms with van der Waals surface area (Å²) in [7, 11) is 1.41. The van der Waals surface area contributed by atoms with Gasteiger partial charge >= 0.3 is 6.09 Å². The average molecular weight is 482 g/mol. The van der Waals surface area contributed by atoms with Crippen LogP contribution in [0.4, 0.5) is 4.79 Å².